The van der Waals surface area contributed by atoms with Crippen molar-refractivity contribution >= 4 is 66.2 Å². The van der Waals surface area contributed by atoms with Crippen LogP contribution < -0.4 is 14.3 Å². The first-order valence-electron chi connectivity index (χ1n) is 9.67. The van der Waals surface area contributed by atoms with Crippen LogP contribution in [0, 0.1) is 0 Å². The summed E-state index contributed by atoms with van der Waals surface area (Å²) in [6.07, 6.45) is 3.83. The highest BCUT2D eigenvalue weighted by atomic mass is 35.5. The fourth-order valence-electron chi connectivity index (χ4n) is 3.04. The Bertz CT molecular complexity index is 1400. The molecule has 34 heavy (non-hydrogen) atoms. The van der Waals surface area contributed by atoms with Crippen LogP contribution in [-0.2, 0) is 24.8 Å². The van der Waals surface area contributed by atoms with Crippen molar-refractivity contribution in [3.8, 4) is 0 Å². The summed E-state index contributed by atoms with van der Waals surface area (Å²) in [7, 11) is -7.78. The van der Waals surface area contributed by atoms with Crippen LogP contribution in [0.2, 0.25) is 10.0 Å². The molecular formula is C21H20Cl2N4O5S2. The average molecular weight is 543 g/mol. The summed E-state index contributed by atoms with van der Waals surface area (Å²) in [6, 6.07) is 11.6. The quantitative estimate of drug-likeness (QED) is 0.443. The molecular weight excluding hydrogens is 523 g/mol. The van der Waals surface area contributed by atoms with Crippen molar-refractivity contribution in [2.45, 2.75) is 17.9 Å². The number of carbonyl (C=O) groups excluding carboxylic acids is 1. The second-order valence-electron chi connectivity index (χ2n) is 7.19. The summed E-state index contributed by atoms with van der Waals surface area (Å²) in [6.45, 7) is 1.39. The predicted octanol–water partition coefficient (Wildman–Crippen LogP) is 3.98. The van der Waals surface area contributed by atoms with Gasteiger partial charge in [-0.1, -0.05) is 23.2 Å². The molecule has 2 aromatic carbocycles. The minimum atomic E-state index is -3.91. The Labute approximate surface area is 207 Å². The second-order valence-corrected chi connectivity index (χ2v) is 11.6. The smallest absolute Gasteiger partial charge is 0.261 e. The van der Waals surface area contributed by atoms with Gasteiger partial charge in [0.25, 0.3) is 10.0 Å². The maximum absolute atomic E-state index is 12.9. The molecule has 0 fully saturated rings. The first-order chi connectivity index (χ1) is 15.9. The highest BCUT2D eigenvalue weighted by molar-refractivity contribution is 7.92. The minimum absolute atomic E-state index is 0.0362. The van der Waals surface area contributed by atoms with Crippen LogP contribution in [0.4, 0.5) is 17.1 Å². The number of nitrogens with zero attached hydrogens (tertiary/aromatic N) is 2. The highest BCUT2D eigenvalue weighted by Crippen LogP contribution is 2.32. The van der Waals surface area contributed by atoms with Gasteiger partial charge in [0.15, 0.2) is 0 Å². The second kappa shape index (κ2) is 10.2. The van der Waals surface area contributed by atoms with E-state index in [1.165, 1.54) is 61.8 Å². The van der Waals surface area contributed by atoms with Crippen molar-refractivity contribution < 1.29 is 21.6 Å². The summed E-state index contributed by atoms with van der Waals surface area (Å²) in [5.41, 5.74) is 0.624. The van der Waals surface area contributed by atoms with E-state index in [1.807, 2.05) is 0 Å². The van der Waals surface area contributed by atoms with Gasteiger partial charge in [0.1, 0.15) is 6.04 Å². The van der Waals surface area contributed by atoms with E-state index in [9.17, 15) is 21.6 Å². The van der Waals surface area contributed by atoms with E-state index < -0.39 is 32.0 Å². The number of pyridine rings is 1. The normalized spacial score (nSPS) is 12.6. The lowest BCUT2D eigenvalue weighted by atomic mass is 10.2. The molecule has 0 aliphatic heterocycles. The van der Waals surface area contributed by atoms with Gasteiger partial charge in [-0.3, -0.25) is 18.8 Å². The van der Waals surface area contributed by atoms with Crippen molar-refractivity contribution in [3.63, 3.8) is 0 Å². The van der Waals surface area contributed by atoms with Crippen molar-refractivity contribution in [1.29, 1.82) is 0 Å². The number of anilines is 3. The fraction of sp³-hybridized carbons (Fsp3) is 0.143. The molecule has 0 aliphatic carbocycles. The number of rotatable bonds is 8. The number of amides is 1. The monoisotopic (exact) mass is 542 g/mol. The van der Waals surface area contributed by atoms with E-state index in [0.717, 1.165) is 10.6 Å². The molecule has 2 N–H and O–H groups in total. The topological polar surface area (TPSA) is 126 Å². The van der Waals surface area contributed by atoms with Crippen molar-refractivity contribution in [3.05, 3.63) is 77.0 Å². The van der Waals surface area contributed by atoms with E-state index >= 15 is 0 Å². The van der Waals surface area contributed by atoms with Crippen molar-refractivity contribution in [1.82, 2.24) is 4.98 Å². The minimum Gasteiger partial charge on any atom is -0.324 e. The third-order valence-corrected chi connectivity index (χ3v) is 7.76. The first kappa shape index (κ1) is 25.8. The Balaban J connectivity index is 1.79. The lowest BCUT2D eigenvalue weighted by Crippen LogP contribution is -2.45. The van der Waals surface area contributed by atoms with Crippen LogP contribution in [0.15, 0.2) is 71.9 Å². The molecule has 1 aromatic heterocycles. The summed E-state index contributed by atoms with van der Waals surface area (Å²) in [4.78, 5) is 16.7. The molecule has 1 amide bonds. The third kappa shape index (κ3) is 6.17. The largest absolute Gasteiger partial charge is 0.324 e. The summed E-state index contributed by atoms with van der Waals surface area (Å²) in [5.74, 6) is -0.662. The maximum Gasteiger partial charge on any atom is 0.261 e. The van der Waals surface area contributed by atoms with Crippen LogP contribution in [0.25, 0.3) is 0 Å². The molecule has 0 spiro atoms. The lowest BCUT2D eigenvalue weighted by molar-refractivity contribution is -0.116. The molecule has 0 saturated carbocycles. The average Bonchev–Trinajstić information content (AvgIpc) is 2.76. The molecule has 0 radical (unpaired) electrons. The summed E-state index contributed by atoms with van der Waals surface area (Å²) in [5, 5.41) is 2.93. The number of carbonyl (C=O) groups is 1. The van der Waals surface area contributed by atoms with Crippen LogP contribution in [-0.4, -0.2) is 40.0 Å². The number of sulfonamides is 2. The molecule has 9 nitrogen and oxygen atoms in total. The molecule has 180 valence electrons. The Hall–Kier alpha value is -2.86. The van der Waals surface area contributed by atoms with Gasteiger partial charge in [-0.05, 0) is 61.5 Å². The number of nitrogens with one attached hydrogen (secondary N) is 2. The van der Waals surface area contributed by atoms with Crippen LogP contribution >= 0.6 is 23.2 Å². The third-order valence-electron chi connectivity index (χ3n) is 4.58. The predicted molar refractivity (Wildman–Crippen MR) is 133 cm³/mol. The molecule has 13 heteroatoms. The fourth-order valence-corrected chi connectivity index (χ4v) is 5.68. The molecule has 3 aromatic rings. The number of hydrogen-bond donors (Lipinski definition) is 2. The lowest BCUT2D eigenvalue weighted by Gasteiger charge is -2.29. The van der Waals surface area contributed by atoms with Gasteiger partial charge in [-0.25, -0.2) is 16.8 Å². The molecule has 1 atom stereocenters. The summed E-state index contributed by atoms with van der Waals surface area (Å²) < 4.78 is 53.3. The number of benzene rings is 2. The van der Waals surface area contributed by atoms with Gasteiger partial charge in [0.2, 0.25) is 15.9 Å². The van der Waals surface area contributed by atoms with Gasteiger partial charge < -0.3 is 5.32 Å². The van der Waals surface area contributed by atoms with Crippen molar-refractivity contribution in [2.24, 2.45) is 0 Å². The number of hydrogen-bond acceptors (Lipinski definition) is 6. The molecule has 1 heterocycles. The molecule has 0 unspecified atom stereocenters. The van der Waals surface area contributed by atoms with E-state index in [4.69, 9.17) is 23.2 Å². The first-order valence-corrected chi connectivity index (χ1v) is 13.8. The number of aromatic nitrogens is 1. The SMILES string of the molecule is C[C@H](C(=O)Nc1ccc(S(=O)(=O)Nc2cccnc2)cc1)N(c1cc(Cl)ccc1Cl)S(C)(=O)=O. The van der Waals surface area contributed by atoms with Gasteiger partial charge in [-0.2, -0.15) is 0 Å². The molecule has 3 rings (SSSR count). The Morgan fingerprint density at radius 1 is 1.00 bits per heavy atom. The van der Waals surface area contributed by atoms with E-state index in [2.05, 4.69) is 15.0 Å². The molecule has 0 aliphatic rings. The van der Waals surface area contributed by atoms with Gasteiger partial charge >= 0.3 is 0 Å². The highest BCUT2D eigenvalue weighted by Gasteiger charge is 2.31. The van der Waals surface area contributed by atoms with Gasteiger partial charge in [0.05, 0.1) is 33.7 Å². The maximum atomic E-state index is 12.9. The van der Waals surface area contributed by atoms with Crippen LogP contribution in [0.1, 0.15) is 6.92 Å². The molecule has 0 saturated heterocycles. The Morgan fingerprint density at radius 2 is 1.68 bits per heavy atom. The van der Waals surface area contributed by atoms with Crippen molar-refractivity contribution in [2.75, 3.05) is 20.6 Å². The van der Waals surface area contributed by atoms with Crippen LogP contribution in [0.5, 0.6) is 0 Å². The summed E-state index contributed by atoms with van der Waals surface area (Å²) >= 11 is 12.2. The zero-order valence-electron chi connectivity index (χ0n) is 17.9. The van der Waals surface area contributed by atoms with E-state index in [1.54, 1.807) is 12.1 Å². The number of halogens is 2. The standard InChI is InChI=1S/C21H20Cl2N4O5S2/c1-14(27(33(2,29)30)20-12-15(22)5-10-19(20)23)21(28)25-16-6-8-18(9-7-16)34(31,32)26-17-4-3-11-24-13-17/h3-14,26H,1-2H3,(H,25,28)/t14-/m1/s1. The Kier molecular flexibility index (Phi) is 7.71. The zero-order valence-corrected chi connectivity index (χ0v) is 21.1. The van der Waals surface area contributed by atoms with Crippen LogP contribution in [0.3, 0.4) is 0 Å². The van der Waals surface area contributed by atoms with E-state index in [0.29, 0.717) is 5.69 Å². The zero-order chi connectivity index (χ0) is 25.1. The Morgan fingerprint density at radius 3 is 2.26 bits per heavy atom. The molecule has 0 bridgehead atoms. The van der Waals surface area contributed by atoms with Gasteiger partial charge in [0, 0.05) is 16.9 Å². The van der Waals surface area contributed by atoms with Gasteiger partial charge in [-0.15, -0.1) is 0 Å². The van der Waals surface area contributed by atoms with E-state index in [-0.39, 0.29) is 26.3 Å².